The smallest absolute Gasteiger partial charge is 0.320 e. The maximum Gasteiger partial charge on any atom is 0.320 e. The summed E-state index contributed by atoms with van der Waals surface area (Å²) in [5.41, 5.74) is 1.10. The van der Waals surface area contributed by atoms with Gasteiger partial charge in [-0.3, -0.25) is 4.79 Å². The number of rotatable bonds is 7. The molecule has 1 aromatic carbocycles. The zero-order valence-electron chi connectivity index (χ0n) is 15.3. The number of carbonyl (C=O) groups excluding carboxylic acids is 2. The van der Waals surface area contributed by atoms with Gasteiger partial charge in [0.1, 0.15) is 6.54 Å². The highest BCUT2D eigenvalue weighted by atomic mass is 16.5. The Balaban J connectivity index is 1.61. The fourth-order valence-electron chi connectivity index (χ4n) is 3.31. The molecule has 1 atom stereocenters. The molecule has 26 heavy (non-hydrogen) atoms. The molecule has 2 saturated heterocycles. The van der Waals surface area contributed by atoms with Crippen molar-refractivity contribution >= 4 is 18.0 Å². The minimum Gasteiger partial charge on any atom is -0.376 e. The zero-order chi connectivity index (χ0) is 18.4. The summed E-state index contributed by atoms with van der Waals surface area (Å²) in [5.74, 6) is -0.0261. The number of hydrogen-bond acceptors (Lipinski definition) is 3. The molecule has 2 aliphatic heterocycles. The fraction of sp³-hybridized carbons (Fsp3) is 0.500. The quantitative estimate of drug-likeness (QED) is 0.751. The molecule has 0 saturated carbocycles. The Bertz CT molecular complexity index is 641. The Morgan fingerprint density at radius 2 is 2.12 bits per heavy atom. The van der Waals surface area contributed by atoms with E-state index in [1.54, 1.807) is 21.7 Å². The summed E-state index contributed by atoms with van der Waals surface area (Å²) >= 11 is 0. The second-order valence-corrected chi connectivity index (χ2v) is 6.87. The van der Waals surface area contributed by atoms with E-state index in [1.807, 2.05) is 42.5 Å². The van der Waals surface area contributed by atoms with Crippen molar-refractivity contribution in [3.63, 3.8) is 0 Å². The summed E-state index contributed by atoms with van der Waals surface area (Å²) in [6.07, 6.45) is 6.14. The van der Waals surface area contributed by atoms with Crippen LogP contribution in [-0.2, 0) is 9.53 Å². The molecule has 0 unspecified atom stereocenters. The number of benzene rings is 1. The van der Waals surface area contributed by atoms with Crippen LogP contribution < -0.4 is 0 Å². The van der Waals surface area contributed by atoms with Crippen LogP contribution in [-0.4, -0.2) is 79.1 Å². The van der Waals surface area contributed by atoms with Crippen LogP contribution >= 0.6 is 0 Å². The Kier molecular flexibility index (Phi) is 6.28. The molecule has 0 spiro atoms. The second-order valence-electron chi connectivity index (χ2n) is 6.87. The summed E-state index contributed by atoms with van der Waals surface area (Å²) in [4.78, 5) is 29.9. The molecule has 140 valence electrons. The van der Waals surface area contributed by atoms with Crippen LogP contribution in [0.1, 0.15) is 18.4 Å². The van der Waals surface area contributed by atoms with E-state index in [9.17, 15) is 9.59 Å². The van der Waals surface area contributed by atoms with Gasteiger partial charge in [0.15, 0.2) is 0 Å². The van der Waals surface area contributed by atoms with Gasteiger partial charge < -0.3 is 19.4 Å². The lowest BCUT2D eigenvalue weighted by Gasteiger charge is -2.26. The molecule has 0 radical (unpaired) electrons. The monoisotopic (exact) mass is 357 g/mol. The van der Waals surface area contributed by atoms with Crippen molar-refractivity contribution in [1.29, 1.82) is 0 Å². The molecular formula is C20H27N3O3. The van der Waals surface area contributed by atoms with Gasteiger partial charge >= 0.3 is 6.03 Å². The molecule has 2 heterocycles. The van der Waals surface area contributed by atoms with Crippen LogP contribution in [0.2, 0.25) is 0 Å². The minimum absolute atomic E-state index is 0.0261. The van der Waals surface area contributed by atoms with Gasteiger partial charge in [0.2, 0.25) is 5.91 Å². The first-order chi connectivity index (χ1) is 12.6. The van der Waals surface area contributed by atoms with Gasteiger partial charge in [-0.25, -0.2) is 4.79 Å². The first-order valence-corrected chi connectivity index (χ1v) is 9.24. The molecule has 1 aromatic rings. The van der Waals surface area contributed by atoms with Crippen LogP contribution in [0.4, 0.5) is 4.79 Å². The van der Waals surface area contributed by atoms with Crippen LogP contribution in [0.5, 0.6) is 0 Å². The van der Waals surface area contributed by atoms with E-state index in [0.717, 1.165) is 25.0 Å². The second kappa shape index (κ2) is 8.85. The molecule has 3 amide bonds. The topological polar surface area (TPSA) is 53.1 Å². The molecule has 2 fully saturated rings. The number of likely N-dealkylation sites (N-methyl/N-ethyl adjacent to an activating group) is 1. The Morgan fingerprint density at radius 1 is 1.31 bits per heavy atom. The number of nitrogens with zero attached hydrogens (tertiary/aromatic N) is 3. The first kappa shape index (κ1) is 18.5. The molecular weight excluding hydrogens is 330 g/mol. The van der Waals surface area contributed by atoms with E-state index in [2.05, 4.69) is 0 Å². The molecule has 0 bridgehead atoms. The van der Waals surface area contributed by atoms with Crippen LogP contribution in [0.3, 0.4) is 0 Å². The maximum atomic E-state index is 12.8. The van der Waals surface area contributed by atoms with Gasteiger partial charge in [0.25, 0.3) is 0 Å². The zero-order valence-corrected chi connectivity index (χ0v) is 15.3. The van der Waals surface area contributed by atoms with Gasteiger partial charge in [-0.05, 0) is 18.4 Å². The van der Waals surface area contributed by atoms with Gasteiger partial charge in [-0.15, -0.1) is 0 Å². The SMILES string of the molecule is CN1CCN(CC(=O)N(C/C=C/c2ccccc2)C[C@@H]2CCCO2)C1=O. The first-order valence-electron chi connectivity index (χ1n) is 9.24. The van der Waals surface area contributed by atoms with Gasteiger partial charge in [-0.1, -0.05) is 42.5 Å². The van der Waals surface area contributed by atoms with E-state index in [0.29, 0.717) is 26.2 Å². The summed E-state index contributed by atoms with van der Waals surface area (Å²) < 4.78 is 5.70. The Hall–Kier alpha value is -2.34. The van der Waals surface area contributed by atoms with E-state index in [-0.39, 0.29) is 24.6 Å². The number of ether oxygens (including phenoxy) is 1. The number of amides is 3. The molecule has 6 heteroatoms. The lowest BCUT2D eigenvalue weighted by Crippen LogP contribution is -2.44. The van der Waals surface area contributed by atoms with Crippen LogP contribution in [0.15, 0.2) is 36.4 Å². The molecule has 3 rings (SSSR count). The van der Waals surface area contributed by atoms with Crippen molar-refractivity contribution in [2.45, 2.75) is 18.9 Å². The average Bonchev–Trinajstić information content (AvgIpc) is 3.27. The van der Waals surface area contributed by atoms with Gasteiger partial charge in [0.05, 0.1) is 6.10 Å². The highest BCUT2D eigenvalue weighted by Crippen LogP contribution is 2.15. The third-order valence-electron chi connectivity index (χ3n) is 4.86. The molecule has 0 aromatic heterocycles. The predicted octanol–water partition coefficient (Wildman–Crippen LogP) is 2.07. The lowest BCUT2D eigenvalue weighted by molar-refractivity contribution is -0.132. The van der Waals surface area contributed by atoms with Crippen LogP contribution in [0.25, 0.3) is 6.08 Å². The molecule has 6 nitrogen and oxygen atoms in total. The minimum atomic E-state index is -0.0738. The summed E-state index contributed by atoms with van der Waals surface area (Å²) in [7, 11) is 1.76. The molecule has 2 aliphatic rings. The number of carbonyl (C=O) groups is 2. The summed E-state index contributed by atoms with van der Waals surface area (Å²) in [6.45, 7) is 3.28. The molecule has 0 N–H and O–H groups in total. The number of urea groups is 1. The summed E-state index contributed by atoms with van der Waals surface area (Å²) in [6, 6.07) is 9.95. The summed E-state index contributed by atoms with van der Waals surface area (Å²) in [5, 5.41) is 0. The highest BCUT2D eigenvalue weighted by Gasteiger charge is 2.29. The van der Waals surface area contributed by atoms with Crippen molar-refractivity contribution in [3.05, 3.63) is 42.0 Å². The van der Waals surface area contributed by atoms with E-state index in [1.165, 1.54) is 0 Å². The predicted molar refractivity (Wildman–Crippen MR) is 101 cm³/mol. The Morgan fingerprint density at radius 3 is 2.77 bits per heavy atom. The lowest BCUT2D eigenvalue weighted by atomic mass is 10.2. The molecule has 0 aliphatic carbocycles. The average molecular weight is 357 g/mol. The third-order valence-corrected chi connectivity index (χ3v) is 4.86. The van der Waals surface area contributed by atoms with Crippen molar-refractivity contribution < 1.29 is 14.3 Å². The fourth-order valence-corrected chi connectivity index (χ4v) is 3.31. The normalized spacial score (nSPS) is 20.3. The Labute approximate surface area is 155 Å². The maximum absolute atomic E-state index is 12.8. The van der Waals surface area contributed by atoms with Gasteiger partial charge in [0, 0.05) is 39.8 Å². The highest BCUT2D eigenvalue weighted by molar-refractivity contribution is 5.85. The number of hydrogen-bond donors (Lipinski definition) is 0. The van der Waals surface area contributed by atoms with Crippen LogP contribution in [0, 0.1) is 0 Å². The van der Waals surface area contributed by atoms with Gasteiger partial charge in [-0.2, -0.15) is 0 Å². The van der Waals surface area contributed by atoms with E-state index >= 15 is 0 Å². The van der Waals surface area contributed by atoms with Crippen molar-refractivity contribution in [2.75, 3.05) is 46.4 Å². The standard InChI is InChI=1S/C20H27N3O3/c1-21-12-13-23(20(21)25)16-19(24)22(15-18-10-6-14-26-18)11-5-9-17-7-3-2-4-8-17/h2-5,7-9,18H,6,10-16H2,1H3/b9-5+/t18-/m0/s1. The van der Waals surface area contributed by atoms with Crippen molar-refractivity contribution in [1.82, 2.24) is 14.7 Å². The van der Waals surface area contributed by atoms with E-state index < -0.39 is 0 Å². The third kappa shape index (κ3) is 4.85. The van der Waals surface area contributed by atoms with Crippen molar-refractivity contribution in [2.24, 2.45) is 0 Å². The van der Waals surface area contributed by atoms with Crippen molar-refractivity contribution in [3.8, 4) is 0 Å². The van der Waals surface area contributed by atoms with E-state index in [4.69, 9.17) is 4.74 Å². The largest absolute Gasteiger partial charge is 0.376 e.